The van der Waals surface area contributed by atoms with E-state index >= 15 is 0 Å². The van der Waals surface area contributed by atoms with Crippen LogP contribution in [-0.4, -0.2) is 45.9 Å². The lowest BCUT2D eigenvalue weighted by molar-refractivity contribution is -0.126. The van der Waals surface area contributed by atoms with E-state index in [-0.39, 0.29) is 24.0 Å². The number of aliphatic imine (C=N–C) groups is 1. The number of nitrogens with one attached hydrogen (secondary N) is 1. The van der Waals surface area contributed by atoms with Gasteiger partial charge in [-0.3, -0.25) is 14.4 Å². The maximum atomic E-state index is 13.1. The molecule has 2 aromatic rings. The number of carbonyl (C=O) groups excluding carboxylic acids is 3. The Balaban J connectivity index is 1.56. The molecule has 0 unspecified atom stereocenters. The smallest absolute Gasteiger partial charge is 0.255 e. The molecule has 0 atom stereocenters. The normalized spacial score (nSPS) is 14.7. The molecule has 1 aliphatic heterocycles. The summed E-state index contributed by atoms with van der Waals surface area (Å²) in [7, 11) is 0. The number of hydrogen-bond donors (Lipinski definition) is 2. The molecule has 0 bridgehead atoms. The minimum Gasteiger partial charge on any atom is -0.387 e. The SMILES string of the molecule is CCCN(CCI)C(=O)C1=Cc2ccc(C(=O)Nc3ccc4c(c3)CCCC4=O)cc2N=C(N)C1. The van der Waals surface area contributed by atoms with Crippen LogP contribution in [-0.2, 0) is 11.2 Å². The molecule has 0 saturated carbocycles. The number of Topliss-reactive ketones (excluding diaryl/α,β-unsaturated/α-hetero) is 1. The molecule has 0 fully saturated rings. The molecule has 0 spiro atoms. The summed E-state index contributed by atoms with van der Waals surface area (Å²) in [6.45, 7) is 3.43. The highest BCUT2D eigenvalue weighted by molar-refractivity contribution is 14.1. The molecule has 8 heteroatoms. The summed E-state index contributed by atoms with van der Waals surface area (Å²) in [6.07, 6.45) is 5.23. The van der Waals surface area contributed by atoms with Crippen LogP contribution in [0.2, 0.25) is 0 Å². The lowest BCUT2D eigenvalue weighted by Gasteiger charge is -2.22. The van der Waals surface area contributed by atoms with Gasteiger partial charge in [-0.05, 0) is 61.2 Å². The third kappa shape index (κ3) is 5.80. The number of fused-ring (bicyclic) bond motifs is 2. The van der Waals surface area contributed by atoms with Gasteiger partial charge in [0.1, 0.15) is 5.84 Å². The number of rotatable bonds is 7. The monoisotopic (exact) mass is 584 g/mol. The first-order valence-electron chi connectivity index (χ1n) is 11.9. The van der Waals surface area contributed by atoms with E-state index in [0.717, 1.165) is 40.4 Å². The maximum absolute atomic E-state index is 13.1. The van der Waals surface area contributed by atoms with E-state index in [4.69, 9.17) is 5.73 Å². The van der Waals surface area contributed by atoms with Gasteiger partial charge < -0.3 is 16.0 Å². The van der Waals surface area contributed by atoms with Crippen LogP contribution in [0.15, 0.2) is 47.0 Å². The molecule has 35 heavy (non-hydrogen) atoms. The molecule has 1 heterocycles. The van der Waals surface area contributed by atoms with Crippen molar-refractivity contribution in [1.82, 2.24) is 4.90 Å². The highest BCUT2D eigenvalue weighted by Crippen LogP contribution is 2.29. The zero-order valence-electron chi connectivity index (χ0n) is 19.8. The van der Waals surface area contributed by atoms with Crippen LogP contribution in [0.5, 0.6) is 0 Å². The van der Waals surface area contributed by atoms with Gasteiger partial charge in [0, 0.05) is 58.3 Å². The van der Waals surface area contributed by atoms with Gasteiger partial charge in [-0.2, -0.15) is 0 Å². The Labute approximate surface area is 219 Å². The number of carbonyl (C=O) groups is 3. The minimum atomic E-state index is -0.274. The molecule has 2 aromatic carbocycles. The van der Waals surface area contributed by atoms with Crippen LogP contribution in [0.3, 0.4) is 0 Å². The molecule has 2 amide bonds. The van der Waals surface area contributed by atoms with E-state index in [0.29, 0.717) is 47.9 Å². The van der Waals surface area contributed by atoms with E-state index in [1.807, 2.05) is 17.0 Å². The van der Waals surface area contributed by atoms with Gasteiger partial charge in [0.15, 0.2) is 5.78 Å². The lowest BCUT2D eigenvalue weighted by Crippen LogP contribution is -2.35. The Morgan fingerprint density at radius 3 is 2.74 bits per heavy atom. The Hall–Kier alpha value is -3.01. The van der Waals surface area contributed by atoms with Crippen molar-refractivity contribution < 1.29 is 14.4 Å². The van der Waals surface area contributed by atoms with Gasteiger partial charge in [0.05, 0.1) is 5.69 Å². The number of hydrogen-bond acceptors (Lipinski definition) is 5. The third-order valence-corrected chi connectivity index (χ3v) is 6.66. The highest BCUT2D eigenvalue weighted by atomic mass is 127. The first-order chi connectivity index (χ1) is 16.9. The fourth-order valence-corrected chi connectivity index (χ4v) is 5.07. The molecule has 0 radical (unpaired) electrons. The Kier molecular flexibility index (Phi) is 8.00. The van der Waals surface area contributed by atoms with Crippen LogP contribution in [0, 0.1) is 0 Å². The molecule has 3 N–H and O–H groups in total. The highest BCUT2D eigenvalue weighted by Gasteiger charge is 2.22. The molecule has 182 valence electrons. The number of nitrogens with zero attached hydrogens (tertiary/aromatic N) is 2. The van der Waals surface area contributed by atoms with Gasteiger partial charge in [0.2, 0.25) is 5.91 Å². The molecule has 4 rings (SSSR count). The predicted molar refractivity (Wildman–Crippen MR) is 148 cm³/mol. The number of anilines is 1. The van der Waals surface area contributed by atoms with Gasteiger partial charge in [-0.25, -0.2) is 4.99 Å². The summed E-state index contributed by atoms with van der Waals surface area (Å²) in [5.74, 6) is 0.195. The number of nitrogens with two attached hydrogens (primary N) is 1. The lowest BCUT2D eigenvalue weighted by atomic mass is 9.90. The van der Waals surface area contributed by atoms with Gasteiger partial charge in [-0.15, -0.1) is 0 Å². The zero-order chi connectivity index (χ0) is 24.9. The van der Waals surface area contributed by atoms with Crippen LogP contribution >= 0.6 is 22.6 Å². The van der Waals surface area contributed by atoms with Crippen molar-refractivity contribution in [3.8, 4) is 0 Å². The summed E-state index contributed by atoms with van der Waals surface area (Å²) in [4.78, 5) is 44.5. The average Bonchev–Trinajstić information content (AvgIpc) is 3.01. The van der Waals surface area contributed by atoms with Crippen molar-refractivity contribution in [2.75, 3.05) is 22.8 Å². The number of aryl methyl sites for hydroxylation is 1. The number of halogens is 1. The Morgan fingerprint density at radius 1 is 1.14 bits per heavy atom. The Morgan fingerprint density at radius 2 is 1.97 bits per heavy atom. The summed E-state index contributed by atoms with van der Waals surface area (Å²) in [6, 6.07) is 10.6. The van der Waals surface area contributed by atoms with Gasteiger partial charge in [0.25, 0.3) is 5.91 Å². The van der Waals surface area contributed by atoms with E-state index < -0.39 is 0 Å². The molecule has 7 nitrogen and oxygen atoms in total. The van der Waals surface area contributed by atoms with Crippen LogP contribution in [0.25, 0.3) is 6.08 Å². The standard InChI is InChI=1S/C27H29IN4O3/c1-2-11-32(12-10-28)27(35)20-13-18-6-7-19(15-23(18)31-25(29)16-20)26(34)30-21-8-9-22-17(14-21)4-3-5-24(22)33/h6-9,13-15H,2-5,10-12,16H2,1H3,(H2,29,31)(H,30,34). The van der Waals surface area contributed by atoms with E-state index in [9.17, 15) is 14.4 Å². The van der Waals surface area contributed by atoms with E-state index in [1.165, 1.54) is 0 Å². The molecule has 1 aliphatic carbocycles. The van der Waals surface area contributed by atoms with Crippen molar-refractivity contribution in [3.63, 3.8) is 0 Å². The largest absolute Gasteiger partial charge is 0.387 e. The predicted octanol–water partition coefficient (Wildman–Crippen LogP) is 4.91. The number of benzene rings is 2. The fourth-order valence-electron chi connectivity index (χ4n) is 4.49. The quantitative estimate of drug-likeness (QED) is 0.357. The molecular weight excluding hydrogens is 555 g/mol. The van der Waals surface area contributed by atoms with Crippen LogP contribution in [0.4, 0.5) is 11.4 Å². The first-order valence-corrected chi connectivity index (χ1v) is 13.4. The summed E-state index contributed by atoms with van der Waals surface area (Å²) < 4.78 is 0.857. The van der Waals surface area contributed by atoms with Gasteiger partial charge >= 0.3 is 0 Å². The number of alkyl halides is 1. The fraction of sp³-hybridized carbons (Fsp3) is 0.333. The summed E-state index contributed by atoms with van der Waals surface area (Å²) in [5, 5.41) is 2.92. The topological polar surface area (TPSA) is 105 Å². The molecule has 2 aliphatic rings. The molecule has 0 saturated heterocycles. The summed E-state index contributed by atoms with van der Waals surface area (Å²) in [5.41, 5.74) is 10.9. The molecular formula is C27H29IN4O3. The van der Waals surface area contributed by atoms with Crippen LogP contribution < -0.4 is 11.1 Å². The van der Waals surface area contributed by atoms with E-state index in [2.05, 4.69) is 39.8 Å². The number of ketones is 1. The minimum absolute atomic E-state index is 0.0257. The van der Waals surface area contributed by atoms with Crippen LogP contribution in [0.1, 0.15) is 64.4 Å². The second-order valence-corrected chi connectivity index (χ2v) is 9.89. The maximum Gasteiger partial charge on any atom is 0.255 e. The second-order valence-electron chi connectivity index (χ2n) is 8.81. The third-order valence-electron chi connectivity index (χ3n) is 6.18. The average molecular weight is 584 g/mol. The summed E-state index contributed by atoms with van der Waals surface area (Å²) >= 11 is 2.27. The molecule has 0 aromatic heterocycles. The number of amidine groups is 1. The van der Waals surface area contributed by atoms with Crippen molar-refractivity contribution in [2.45, 2.75) is 39.0 Å². The zero-order valence-corrected chi connectivity index (χ0v) is 21.9. The van der Waals surface area contributed by atoms with E-state index in [1.54, 1.807) is 30.3 Å². The van der Waals surface area contributed by atoms with Crippen molar-refractivity contribution in [1.29, 1.82) is 0 Å². The van der Waals surface area contributed by atoms with Crippen molar-refractivity contribution in [2.24, 2.45) is 10.7 Å². The van der Waals surface area contributed by atoms with Crippen molar-refractivity contribution in [3.05, 3.63) is 64.2 Å². The van der Waals surface area contributed by atoms with Gasteiger partial charge in [-0.1, -0.05) is 35.6 Å². The number of amides is 2. The Bertz CT molecular complexity index is 1230. The van der Waals surface area contributed by atoms with Crippen molar-refractivity contribution >= 4 is 63.5 Å². The second kappa shape index (κ2) is 11.2. The first kappa shape index (κ1) is 25.1.